The number of hydrogen-bond donors (Lipinski definition) is 1. The fraction of sp³-hybridized carbons (Fsp3) is 0.300. The third-order valence-electron chi connectivity index (χ3n) is 4.99. The summed E-state index contributed by atoms with van der Waals surface area (Å²) in [4.78, 5) is 44.1. The number of benzene rings is 1. The van der Waals surface area contributed by atoms with Gasteiger partial charge in [-0.05, 0) is 31.0 Å². The molecule has 3 heterocycles. The minimum absolute atomic E-state index is 0.0189. The highest BCUT2D eigenvalue weighted by atomic mass is 32.1. The van der Waals surface area contributed by atoms with Crippen LogP contribution in [0.3, 0.4) is 0 Å². The summed E-state index contributed by atoms with van der Waals surface area (Å²) in [7, 11) is 0. The van der Waals surface area contributed by atoms with Crippen LogP contribution in [0.1, 0.15) is 21.7 Å². The van der Waals surface area contributed by atoms with Gasteiger partial charge in [-0.1, -0.05) is 0 Å². The van der Waals surface area contributed by atoms with Crippen LogP contribution < -0.4 is 10.9 Å². The number of anilines is 1. The molecule has 7 nitrogen and oxygen atoms in total. The first kappa shape index (κ1) is 21.0. The summed E-state index contributed by atoms with van der Waals surface area (Å²) in [6, 6.07) is 2.57. The number of halogens is 3. The zero-order valence-electron chi connectivity index (χ0n) is 16.3. The number of nitrogens with one attached hydrogen (secondary N) is 1. The highest BCUT2D eigenvalue weighted by Gasteiger charge is 2.29. The van der Waals surface area contributed by atoms with Gasteiger partial charge in [-0.2, -0.15) is 0 Å². The molecule has 0 saturated carbocycles. The van der Waals surface area contributed by atoms with Gasteiger partial charge in [0.25, 0.3) is 11.5 Å². The van der Waals surface area contributed by atoms with Crippen molar-refractivity contribution >= 4 is 39.1 Å². The zero-order valence-corrected chi connectivity index (χ0v) is 17.1. The van der Waals surface area contributed by atoms with Crippen LogP contribution in [0.4, 0.5) is 18.9 Å². The summed E-state index contributed by atoms with van der Waals surface area (Å²) in [5.74, 6) is -2.72. The first-order chi connectivity index (χ1) is 14.7. The number of hydrogen-bond acceptors (Lipinski definition) is 5. The Morgan fingerprint density at radius 2 is 1.97 bits per heavy atom. The summed E-state index contributed by atoms with van der Waals surface area (Å²) in [6.07, 6.45) is 0.401. The van der Waals surface area contributed by atoms with E-state index in [1.54, 1.807) is 6.92 Å². The van der Waals surface area contributed by atoms with Crippen LogP contribution in [0.2, 0.25) is 0 Å². The van der Waals surface area contributed by atoms with Gasteiger partial charge in [-0.25, -0.2) is 18.2 Å². The lowest BCUT2D eigenvalue weighted by atomic mass is 10.2. The van der Waals surface area contributed by atoms with Crippen molar-refractivity contribution < 1.29 is 22.8 Å². The van der Waals surface area contributed by atoms with E-state index in [4.69, 9.17) is 0 Å². The number of alkyl halides is 1. The number of fused-ring (bicyclic) bond motifs is 1. The van der Waals surface area contributed by atoms with E-state index < -0.39 is 35.8 Å². The van der Waals surface area contributed by atoms with Gasteiger partial charge in [0.15, 0.2) is 0 Å². The maximum Gasteiger partial charge on any atom is 0.264 e. The first-order valence-corrected chi connectivity index (χ1v) is 10.2. The number of likely N-dealkylation sites (tertiary alicyclic amines) is 1. The molecule has 2 amide bonds. The number of aryl methyl sites for hydroxylation is 1. The fourth-order valence-corrected chi connectivity index (χ4v) is 4.61. The molecule has 0 radical (unpaired) electrons. The number of nitrogens with zero attached hydrogens (tertiary/aromatic N) is 3. The molecule has 1 unspecified atom stereocenters. The summed E-state index contributed by atoms with van der Waals surface area (Å²) in [5.41, 5.74) is -0.184. The topological polar surface area (TPSA) is 84.3 Å². The van der Waals surface area contributed by atoms with Gasteiger partial charge < -0.3 is 10.2 Å². The third-order valence-corrected chi connectivity index (χ3v) is 6.18. The molecule has 1 atom stereocenters. The molecule has 1 aliphatic rings. The van der Waals surface area contributed by atoms with Crippen molar-refractivity contribution in [2.45, 2.75) is 26.1 Å². The lowest BCUT2D eigenvalue weighted by molar-refractivity contribution is -0.116. The van der Waals surface area contributed by atoms with Crippen molar-refractivity contribution in [1.82, 2.24) is 14.5 Å². The first-order valence-electron chi connectivity index (χ1n) is 9.40. The Morgan fingerprint density at radius 1 is 1.26 bits per heavy atom. The van der Waals surface area contributed by atoms with E-state index in [1.807, 2.05) is 0 Å². The van der Waals surface area contributed by atoms with Gasteiger partial charge in [-0.3, -0.25) is 19.0 Å². The molecule has 1 aromatic carbocycles. The second-order valence-electron chi connectivity index (χ2n) is 7.26. The van der Waals surface area contributed by atoms with E-state index in [0.717, 1.165) is 28.0 Å². The Labute approximate surface area is 178 Å². The van der Waals surface area contributed by atoms with Crippen molar-refractivity contribution in [2.24, 2.45) is 0 Å². The minimum Gasteiger partial charge on any atom is -0.335 e. The van der Waals surface area contributed by atoms with Crippen molar-refractivity contribution in [2.75, 3.05) is 18.4 Å². The van der Waals surface area contributed by atoms with Crippen LogP contribution in [0, 0.1) is 18.6 Å². The highest BCUT2D eigenvalue weighted by Crippen LogP contribution is 2.29. The van der Waals surface area contributed by atoms with Gasteiger partial charge in [0.1, 0.15) is 29.2 Å². The van der Waals surface area contributed by atoms with Gasteiger partial charge in [0, 0.05) is 18.3 Å². The second kappa shape index (κ2) is 8.14. The van der Waals surface area contributed by atoms with Gasteiger partial charge in [-0.15, -0.1) is 11.3 Å². The predicted octanol–water partition coefficient (Wildman–Crippen LogP) is 2.87. The molecule has 31 heavy (non-hydrogen) atoms. The number of aromatic nitrogens is 2. The van der Waals surface area contributed by atoms with Crippen LogP contribution in [0.5, 0.6) is 0 Å². The Balaban J connectivity index is 1.59. The van der Waals surface area contributed by atoms with Crippen LogP contribution >= 0.6 is 11.3 Å². The molecule has 0 aliphatic carbocycles. The lowest BCUT2D eigenvalue weighted by Crippen LogP contribution is -2.29. The standard InChI is InChI=1S/C20H17F3N4O3S/c1-10-16-18(31-17(10)20(30)26-3-2-11(21)7-26)24-9-27(19(16)29)8-15(28)25-14-5-12(22)4-13(23)6-14/h4-6,9,11H,2-3,7-8H2,1H3,(H,25,28). The average Bonchev–Trinajstić information content (AvgIpc) is 3.26. The van der Waals surface area contributed by atoms with Gasteiger partial charge in [0.05, 0.1) is 23.1 Å². The monoisotopic (exact) mass is 450 g/mol. The molecule has 1 saturated heterocycles. The smallest absolute Gasteiger partial charge is 0.264 e. The van der Waals surface area contributed by atoms with Gasteiger partial charge in [0.2, 0.25) is 5.91 Å². The molecule has 0 spiro atoms. The van der Waals surface area contributed by atoms with E-state index >= 15 is 0 Å². The summed E-state index contributed by atoms with van der Waals surface area (Å²) < 4.78 is 41.1. The molecule has 4 rings (SSSR count). The van der Waals surface area contributed by atoms with Crippen molar-refractivity contribution in [3.8, 4) is 0 Å². The second-order valence-corrected chi connectivity index (χ2v) is 8.26. The van der Waals surface area contributed by atoms with Gasteiger partial charge >= 0.3 is 0 Å². The Bertz CT molecular complexity index is 1240. The van der Waals surface area contributed by atoms with E-state index in [9.17, 15) is 27.6 Å². The van der Waals surface area contributed by atoms with Crippen LogP contribution in [0.25, 0.3) is 10.2 Å². The third kappa shape index (κ3) is 4.18. The van der Waals surface area contributed by atoms with Crippen LogP contribution in [0.15, 0.2) is 29.3 Å². The lowest BCUT2D eigenvalue weighted by Gasteiger charge is -2.14. The van der Waals surface area contributed by atoms with Crippen LogP contribution in [-0.2, 0) is 11.3 Å². The molecule has 2 aromatic heterocycles. The molecular weight excluding hydrogens is 433 g/mol. The van der Waals surface area contributed by atoms with Crippen LogP contribution in [-0.4, -0.2) is 45.5 Å². The molecular formula is C20H17F3N4O3S. The minimum atomic E-state index is -1.06. The molecule has 1 aliphatic heterocycles. The van der Waals surface area contributed by atoms with E-state index in [-0.39, 0.29) is 29.9 Å². The maximum atomic E-state index is 13.5. The largest absolute Gasteiger partial charge is 0.335 e. The Kier molecular flexibility index (Phi) is 5.52. The maximum absolute atomic E-state index is 13.5. The molecule has 11 heteroatoms. The summed E-state index contributed by atoms with van der Waals surface area (Å²) in [5, 5.41) is 2.53. The number of rotatable bonds is 4. The van der Waals surface area contributed by atoms with Crippen molar-refractivity contribution in [3.63, 3.8) is 0 Å². The van der Waals surface area contributed by atoms with E-state index in [1.165, 1.54) is 11.2 Å². The number of thiophene rings is 1. The molecule has 1 N–H and O–H groups in total. The zero-order chi connectivity index (χ0) is 22.3. The number of amides is 2. The van der Waals surface area contributed by atoms with E-state index in [2.05, 4.69) is 10.3 Å². The SMILES string of the molecule is Cc1c(C(=O)N2CCC(F)C2)sc2ncn(CC(=O)Nc3cc(F)cc(F)c3)c(=O)c12. The normalized spacial score (nSPS) is 16.1. The molecule has 3 aromatic rings. The summed E-state index contributed by atoms with van der Waals surface area (Å²) in [6.45, 7) is 1.50. The number of carbonyl (C=O) groups is 2. The Hall–Kier alpha value is -3.21. The molecule has 0 bridgehead atoms. The predicted molar refractivity (Wildman–Crippen MR) is 109 cm³/mol. The fourth-order valence-electron chi connectivity index (χ4n) is 3.50. The van der Waals surface area contributed by atoms with E-state index in [0.29, 0.717) is 27.9 Å². The van der Waals surface area contributed by atoms with Crippen molar-refractivity contribution in [1.29, 1.82) is 0 Å². The average molecular weight is 450 g/mol. The molecule has 162 valence electrons. The summed E-state index contributed by atoms with van der Waals surface area (Å²) >= 11 is 1.05. The number of carbonyl (C=O) groups excluding carboxylic acids is 2. The molecule has 1 fully saturated rings. The van der Waals surface area contributed by atoms with Crippen molar-refractivity contribution in [3.05, 3.63) is 57.0 Å². The highest BCUT2D eigenvalue weighted by molar-refractivity contribution is 7.20. The quantitative estimate of drug-likeness (QED) is 0.663. The Morgan fingerprint density at radius 3 is 2.61 bits per heavy atom.